The first kappa shape index (κ1) is 27.1. The van der Waals surface area contributed by atoms with E-state index in [0.29, 0.717) is 23.7 Å². The van der Waals surface area contributed by atoms with Crippen LogP contribution in [0, 0.1) is 5.92 Å². The molecule has 0 aromatic heterocycles. The van der Waals surface area contributed by atoms with Crippen LogP contribution in [0.3, 0.4) is 0 Å². The summed E-state index contributed by atoms with van der Waals surface area (Å²) < 4.78 is 11.4. The van der Waals surface area contributed by atoms with Crippen LogP contribution < -0.4 is 10.6 Å². The minimum Gasteiger partial charge on any atom is -0.377 e. The van der Waals surface area contributed by atoms with Crippen molar-refractivity contribution in [2.24, 2.45) is 11.7 Å². The maximum Gasteiger partial charge on any atom is 0.249 e. The number of amides is 2. The fourth-order valence-corrected chi connectivity index (χ4v) is 7.01. The van der Waals surface area contributed by atoms with Crippen LogP contribution in [0.1, 0.15) is 67.8 Å². The van der Waals surface area contributed by atoms with E-state index in [9.17, 15) is 14.4 Å². The van der Waals surface area contributed by atoms with Crippen molar-refractivity contribution in [1.29, 1.82) is 0 Å². The van der Waals surface area contributed by atoms with Gasteiger partial charge in [0.05, 0.1) is 12.5 Å². The van der Waals surface area contributed by atoms with E-state index in [1.165, 1.54) is 0 Å². The van der Waals surface area contributed by atoms with Crippen molar-refractivity contribution < 1.29 is 23.9 Å². The van der Waals surface area contributed by atoms with E-state index in [2.05, 4.69) is 23.6 Å². The molecule has 208 valence electrons. The number of carbonyl (C=O) groups is 3. The Morgan fingerprint density at radius 1 is 1.08 bits per heavy atom. The van der Waals surface area contributed by atoms with E-state index in [1.807, 2.05) is 12.1 Å². The molecule has 9 heteroatoms. The lowest BCUT2D eigenvalue weighted by molar-refractivity contribution is -0.139. The molecular formula is C29H42N4O5. The van der Waals surface area contributed by atoms with Crippen LogP contribution in [0.15, 0.2) is 18.2 Å². The van der Waals surface area contributed by atoms with Gasteiger partial charge in [-0.1, -0.05) is 19.3 Å². The number of carbonyl (C=O) groups excluding carboxylic acids is 3. The molecule has 3 heterocycles. The third-order valence-corrected chi connectivity index (χ3v) is 9.16. The second-order valence-corrected chi connectivity index (χ2v) is 11.6. The van der Waals surface area contributed by atoms with Gasteiger partial charge in [0.1, 0.15) is 24.9 Å². The molecule has 0 radical (unpaired) electrons. The predicted molar refractivity (Wildman–Crippen MR) is 144 cm³/mol. The largest absolute Gasteiger partial charge is 0.377 e. The number of hydrogen-bond donors (Lipinski definition) is 1. The van der Waals surface area contributed by atoms with Crippen molar-refractivity contribution >= 4 is 23.3 Å². The minimum atomic E-state index is -0.636. The summed E-state index contributed by atoms with van der Waals surface area (Å²) in [5, 5.41) is 0. The Morgan fingerprint density at radius 3 is 2.42 bits per heavy atom. The molecule has 2 amide bonds. The van der Waals surface area contributed by atoms with Crippen molar-refractivity contribution in [3.05, 3.63) is 29.3 Å². The first-order chi connectivity index (χ1) is 18.3. The molecule has 0 bridgehead atoms. The summed E-state index contributed by atoms with van der Waals surface area (Å²) in [6.45, 7) is 8.43. The lowest BCUT2D eigenvalue weighted by Gasteiger charge is -2.39. The lowest BCUT2D eigenvalue weighted by Crippen LogP contribution is -2.49. The number of rotatable bonds is 7. The number of ketones is 1. The van der Waals surface area contributed by atoms with Gasteiger partial charge in [-0.15, -0.1) is 0 Å². The van der Waals surface area contributed by atoms with E-state index >= 15 is 0 Å². The van der Waals surface area contributed by atoms with Gasteiger partial charge in [-0.05, 0) is 56.4 Å². The SMILES string of the molecule is CO[C@@H]1CN(C(=O)[C@H](c2cc(N3CCN(C(C)C)CC3)ccc2C(N)=O)C2CCCCC2)[C@@H]2C(=O)CO[C@@H]21. The lowest BCUT2D eigenvalue weighted by atomic mass is 9.74. The smallest absolute Gasteiger partial charge is 0.249 e. The molecular weight excluding hydrogens is 484 g/mol. The number of fused-ring (bicyclic) bond motifs is 1. The van der Waals surface area contributed by atoms with Gasteiger partial charge >= 0.3 is 0 Å². The first-order valence-electron chi connectivity index (χ1n) is 14.2. The maximum absolute atomic E-state index is 14.5. The third-order valence-electron chi connectivity index (χ3n) is 9.16. The van der Waals surface area contributed by atoms with Gasteiger partial charge in [0.2, 0.25) is 11.8 Å². The predicted octanol–water partition coefficient (Wildman–Crippen LogP) is 2.17. The Morgan fingerprint density at radius 2 is 1.79 bits per heavy atom. The van der Waals surface area contributed by atoms with Gasteiger partial charge in [0.25, 0.3) is 0 Å². The zero-order valence-corrected chi connectivity index (χ0v) is 22.9. The van der Waals surface area contributed by atoms with Crippen LogP contribution in [-0.4, -0.2) is 98.1 Å². The average molecular weight is 527 g/mol. The molecule has 4 atom stereocenters. The highest BCUT2D eigenvalue weighted by Gasteiger charge is 2.54. The number of ether oxygens (including phenoxy) is 2. The number of nitrogens with two attached hydrogens (primary N) is 1. The highest BCUT2D eigenvalue weighted by molar-refractivity contribution is 5.99. The third kappa shape index (κ3) is 5.08. The van der Waals surface area contributed by atoms with Crippen molar-refractivity contribution in [1.82, 2.24) is 9.80 Å². The monoisotopic (exact) mass is 526 g/mol. The van der Waals surface area contributed by atoms with Gasteiger partial charge in [-0.25, -0.2) is 0 Å². The highest BCUT2D eigenvalue weighted by Crippen LogP contribution is 2.42. The molecule has 0 spiro atoms. The number of anilines is 1. The quantitative estimate of drug-likeness (QED) is 0.581. The number of hydrogen-bond acceptors (Lipinski definition) is 7. The van der Waals surface area contributed by atoms with Crippen LogP contribution in [0.5, 0.6) is 0 Å². The fraction of sp³-hybridized carbons (Fsp3) is 0.690. The Balaban J connectivity index is 1.51. The zero-order chi connectivity index (χ0) is 27.0. The van der Waals surface area contributed by atoms with Crippen molar-refractivity contribution in [3.63, 3.8) is 0 Å². The second-order valence-electron chi connectivity index (χ2n) is 11.6. The van der Waals surface area contributed by atoms with Crippen LogP contribution >= 0.6 is 0 Å². The number of piperazine rings is 1. The van der Waals surface area contributed by atoms with Crippen LogP contribution in [0.2, 0.25) is 0 Å². The Hall–Kier alpha value is -2.49. The van der Waals surface area contributed by atoms with Crippen LogP contribution in [0.25, 0.3) is 0 Å². The highest BCUT2D eigenvalue weighted by atomic mass is 16.5. The van der Waals surface area contributed by atoms with Crippen molar-refractivity contribution in [2.75, 3.05) is 51.3 Å². The molecule has 38 heavy (non-hydrogen) atoms. The number of primary amides is 1. The Labute approximate surface area is 225 Å². The van der Waals surface area contributed by atoms with Gasteiger partial charge in [0.15, 0.2) is 5.78 Å². The molecule has 3 aliphatic heterocycles. The molecule has 1 saturated carbocycles. The summed E-state index contributed by atoms with van der Waals surface area (Å²) in [4.78, 5) is 46.4. The van der Waals surface area contributed by atoms with Gasteiger partial charge < -0.3 is 25.0 Å². The molecule has 0 unspecified atom stereocenters. The van der Waals surface area contributed by atoms with Gasteiger partial charge in [0, 0.05) is 50.6 Å². The van der Waals surface area contributed by atoms with Gasteiger partial charge in [-0.3, -0.25) is 19.3 Å². The van der Waals surface area contributed by atoms with E-state index < -0.39 is 24.0 Å². The van der Waals surface area contributed by atoms with Gasteiger partial charge in [-0.2, -0.15) is 0 Å². The number of likely N-dealkylation sites (tertiary alicyclic amines) is 1. The Bertz CT molecular complexity index is 1050. The summed E-state index contributed by atoms with van der Waals surface area (Å²) >= 11 is 0. The molecule has 1 aromatic rings. The summed E-state index contributed by atoms with van der Waals surface area (Å²) in [5.41, 5.74) is 7.99. The molecule has 1 aromatic carbocycles. The molecule has 4 aliphatic rings. The first-order valence-corrected chi connectivity index (χ1v) is 14.2. The molecule has 5 rings (SSSR count). The molecule has 2 N–H and O–H groups in total. The standard InChI is InChI=1S/C29H42N4O5/c1-18(2)31-11-13-32(14-12-31)20-9-10-21(28(30)35)22(15-20)25(19-7-5-4-6-8-19)29(36)33-16-24(37-3)27-26(33)23(34)17-38-27/h9-10,15,18-19,24-27H,4-8,11-14,16-17H2,1-3H3,(H2,30,35)/t24-,25+,26-,27-/m1/s1. The van der Waals surface area contributed by atoms with E-state index in [0.717, 1.165) is 64.0 Å². The van der Waals surface area contributed by atoms with Crippen molar-refractivity contribution in [2.45, 2.75) is 76.2 Å². The zero-order valence-electron chi connectivity index (χ0n) is 22.9. The molecule has 9 nitrogen and oxygen atoms in total. The second kappa shape index (κ2) is 11.3. The van der Waals surface area contributed by atoms with Crippen molar-refractivity contribution in [3.8, 4) is 0 Å². The summed E-state index contributed by atoms with van der Waals surface area (Å²) in [7, 11) is 1.59. The summed E-state index contributed by atoms with van der Waals surface area (Å²) in [5.74, 6) is -1.19. The summed E-state index contributed by atoms with van der Waals surface area (Å²) in [6, 6.07) is 5.64. The minimum absolute atomic E-state index is 0.00254. The molecule has 3 saturated heterocycles. The van der Waals surface area contributed by atoms with E-state index in [-0.39, 0.29) is 30.3 Å². The average Bonchev–Trinajstić information content (AvgIpc) is 3.49. The molecule has 4 fully saturated rings. The maximum atomic E-state index is 14.5. The summed E-state index contributed by atoms with van der Waals surface area (Å²) in [6.07, 6.45) is 4.27. The van der Waals surface area contributed by atoms with Crippen LogP contribution in [-0.2, 0) is 19.1 Å². The van der Waals surface area contributed by atoms with E-state index in [4.69, 9.17) is 15.2 Å². The number of nitrogens with zero attached hydrogens (tertiary/aromatic N) is 3. The topological polar surface area (TPSA) is 105 Å². The number of methoxy groups -OCH3 is 1. The van der Waals surface area contributed by atoms with E-state index in [1.54, 1.807) is 18.1 Å². The fourth-order valence-electron chi connectivity index (χ4n) is 7.01. The number of benzene rings is 1. The molecule has 1 aliphatic carbocycles. The Kier molecular flexibility index (Phi) is 8.07. The number of Topliss-reactive ketones (excluding diaryl/α,β-unsaturated/α-hetero) is 1. The van der Waals surface area contributed by atoms with Crippen LogP contribution in [0.4, 0.5) is 5.69 Å². The normalized spacial score (nSPS) is 27.7.